The van der Waals surface area contributed by atoms with Crippen LogP contribution >= 0.6 is 0 Å². The van der Waals surface area contributed by atoms with Crippen molar-refractivity contribution in [2.75, 3.05) is 26.3 Å². The van der Waals surface area contributed by atoms with Crippen LogP contribution in [-0.2, 0) is 9.47 Å². The van der Waals surface area contributed by atoms with Crippen LogP contribution < -0.4 is 0 Å². The summed E-state index contributed by atoms with van der Waals surface area (Å²) in [4.78, 5) is 2.42. The Balaban J connectivity index is 1.87. The highest BCUT2D eigenvalue weighted by Gasteiger charge is 2.34. The summed E-state index contributed by atoms with van der Waals surface area (Å²) < 4.78 is 10.8. The molecular weight excluding hydrogens is 180 g/mol. The molecule has 2 atom stereocenters. The first-order valence-corrected chi connectivity index (χ1v) is 5.38. The second-order valence-electron chi connectivity index (χ2n) is 3.91. The predicted molar refractivity (Wildman–Crippen MR) is 53.7 cm³/mol. The van der Waals surface area contributed by atoms with Gasteiger partial charge in [0, 0.05) is 12.6 Å². The Morgan fingerprint density at radius 3 is 3.29 bits per heavy atom. The Labute approximate surface area is 84.7 Å². The highest BCUT2D eigenvalue weighted by Crippen LogP contribution is 2.22. The van der Waals surface area contributed by atoms with E-state index >= 15 is 0 Å². The van der Waals surface area contributed by atoms with Gasteiger partial charge in [0.25, 0.3) is 0 Å². The van der Waals surface area contributed by atoms with Crippen molar-refractivity contribution in [3.05, 3.63) is 0 Å². The highest BCUT2D eigenvalue weighted by atomic mass is 16.5. The van der Waals surface area contributed by atoms with Gasteiger partial charge in [0.1, 0.15) is 6.10 Å². The molecule has 4 heteroatoms. The maximum Gasteiger partial charge on any atom is 0.211 e. The van der Waals surface area contributed by atoms with Crippen LogP contribution in [0.15, 0.2) is 0 Å². The summed E-state index contributed by atoms with van der Waals surface area (Å²) in [7, 11) is 0. The molecule has 0 aromatic rings. The number of nitrogens with zero attached hydrogens (tertiary/aromatic N) is 1. The van der Waals surface area contributed by atoms with Gasteiger partial charge in [0.05, 0.1) is 13.2 Å². The van der Waals surface area contributed by atoms with Crippen molar-refractivity contribution in [1.29, 1.82) is 5.41 Å². The molecule has 2 rings (SSSR count). The molecule has 2 unspecified atom stereocenters. The van der Waals surface area contributed by atoms with Gasteiger partial charge < -0.3 is 9.47 Å². The van der Waals surface area contributed by atoms with Crippen molar-refractivity contribution in [3.8, 4) is 0 Å². The van der Waals surface area contributed by atoms with E-state index in [9.17, 15) is 0 Å². The zero-order valence-electron chi connectivity index (χ0n) is 8.66. The molecule has 2 aliphatic rings. The molecule has 0 aliphatic carbocycles. The van der Waals surface area contributed by atoms with Crippen LogP contribution in [0.3, 0.4) is 0 Å². The summed E-state index contributed by atoms with van der Waals surface area (Å²) in [6.45, 7) is 5.21. The second-order valence-corrected chi connectivity index (χ2v) is 3.91. The lowest BCUT2D eigenvalue weighted by atomic mass is 10.2. The lowest BCUT2D eigenvalue weighted by molar-refractivity contribution is -0.0262. The van der Waals surface area contributed by atoms with Crippen molar-refractivity contribution in [1.82, 2.24) is 4.90 Å². The monoisotopic (exact) mass is 198 g/mol. The fourth-order valence-electron chi connectivity index (χ4n) is 2.22. The summed E-state index contributed by atoms with van der Waals surface area (Å²) in [5.41, 5.74) is 0. The third-order valence-electron chi connectivity index (χ3n) is 2.98. The summed E-state index contributed by atoms with van der Waals surface area (Å²) in [5.74, 6) is 0.290. The van der Waals surface area contributed by atoms with Crippen LogP contribution in [0.1, 0.15) is 19.8 Å². The molecule has 4 nitrogen and oxygen atoms in total. The van der Waals surface area contributed by atoms with Crippen LogP contribution in [0, 0.1) is 5.41 Å². The van der Waals surface area contributed by atoms with Crippen LogP contribution in [0.25, 0.3) is 0 Å². The molecule has 0 aromatic heterocycles. The van der Waals surface area contributed by atoms with Crippen LogP contribution in [0.4, 0.5) is 0 Å². The maximum absolute atomic E-state index is 7.66. The fourth-order valence-corrected chi connectivity index (χ4v) is 2.22. The van der Waals surface area contributed by atoms with Gasteiger partial charge in [-0.3, -0.25) is 10.3 Å². The molecule has 2 saturated heterocycles. The van der Waals surface area contributed by atoms with Gasteiger partial charge in [-0.2, -0.15) is 0 Å². The molecule has 0 bridgehead atoms. The smallest absolute Gasteiger partial charge is 0.211 e. The molecular formula is C10H18N2O2. The second kappa shape index (κ2) is 4.28. The minimum atomic E-state index is -0.135. The molecule has 0 spiro atoms. The molecule has 1 N–H and O–H groups in total. The average Bonchev–Trinajstić information content (AvgIpc) is 2.64. The van der Waals surface area contributed by atoms with E-state index in [1.165, 1.54) is 12.8 Å². The third-order valence-corrected chi connectivity index (χ3v) is 2.98. The highest BCUT2D eigenvalue weighted by molar-refractivity contribution is 5.78. The molecule has 0 radical (unpaired) electrons. The first kappa shape index (κ1) is 9.93. The minimum Gasteiger partial charge on any atom is -0.480 e. The number of hydrogen-bond donors (Lipinski definition) is 1. The van der Waals surface area contributed by atoms with Gasteiger partial charge in [0.15, 0.2) is 0 Å². The quantitative estimate of drug-likeness (QED) is 0.529. The van der Waals surface area contributed by atoms with E-state index in [1.807, 2.05) is 6.92 Å². The van der Waals surface area contributed by atoms with Crippen molar-refractivity contribution in [2.45, 2.75) is 31.9 Å². The summed E-state index contributed by atoms with van der Waals surface area (Å²) in [5, 5.41) is 7.66. The number of fused-ring (bicyclic) bond motifs is 1. The number of rotatable bonds is 2. The zero-order valence-corrected chi connectivity index (χ0v) is 8.66. The van der Waals surface area contributed by atoms with E-state index in [4.69, 9.17) is 14.9 Å². The number of nitrogens with one attached hydrogen (secondary N) is 1. The van der Waals surface area contributed by atoms with Gasteiger partial charge in [0.2, 0.25) is 5.90 Å². The van der Waals surface area contributed by atoms with E-state index in [2.05, 4.69) is 4.90 Å². The number of ether oxygens (including phenoxy) is 2. The van der Waals surface area contributed by atoms with E-state index in [0.717, 1.165) is 19.7 Å². The molecule has 14 heavy (non-hydrogen) atoms. The van der Waals surface area contributed by atoms with Crippen LogP contribution in [0.2, 0.25) is 0 Å². The molecule has 2 fully saturated rings. The minimum absolute atomic E-state index is 0.135. The lowest BCUT2D eigenvalue weighted by Crippen LogP contribution is -2.49. The Morgan fingerprint density at radius 2 is 2.50 bits per heavy atom. The van der Waals surface area contributed by atoms with Crippen molar-refractivity contribution in [3.63, 3.8) is 0 Å². The molecule has 0 saturated carbocycles. The Bertz CT molecular complexity index is 220. The molecule has 2 heterocycles. The van der Waals surface area contributed by atoms with E-state index in [-0.39, 0.29) is 12.0 Å². The SMILES string of the molecule is CCOC(=N)C1CN2CCCC2CO1. The van der Waals surface area contributed by atoms with Gasteiger partial charge in [-0.15, -0.1) is 0 Å². The summed E-state index contributed by atoms with van der Waals surface area (Å²) >= 11 is 0. The van der Waals surface area contributed by atoms with Gasteiger partial charge in [-0.05, 0) is 26.3 Å². The van der Waals surface area contributed by atoms with Crippen molar-refractivity contribution in [2.24, 2.45) is 0 Å². The van der Waals surface area contributed by atoms with Gasteiger partial charge in [-0.1, -0.05) is 0 Å². The molecule has 80 valence electrons. The standard InChI is InChI=1S/C10H18N2O2/c1-2-13-10(11)9-6-12-5-3-4-8(12)7-14-9/h8-9,11H,2-7H2,1H3. The zero-order chi connectivity index (χ0) is 9.97. The fraction of sp³-hybridized carbons (Fsp3) is 0.900. The molecule has 2 aliphatic heterocycles. The first-order chi connectivity index (χ1) is 6.81. The van der Waals surface area contributed by atoms with Gasteiger partial charge in [-0.25, -0.2) is 0 Å². The maximum atomic E-state index is 7.66. The lowest BCUT2D eigenvalue weighted by Gasteiger charge is -2.34. The topological polar surface area (TPSA) is 45.5 Å². The van der Waals surface area contributed by atoms with Crippen molar-refractivity contribution < 1.29 is 9.47 Å². The summed E-state index contributed by atoms with van der Waals surface area (Å²) in [6.07, 6.45) is 2.38. The van der Waals surface area contributed by atoms with E-state index in [0.29, 0.717) is 12.6 Å². The van der Waals surface area contributed by atoms with Crippen molar-refractivity contribution >= 4 is 5.90 Å². The Morgan fingerprint density at radius 1 is 1.64 bits per heavy atom. The van der Waals surface area contributed by atoms with Crippen LogP contribution in [0.5, 0.6) is 0 Å². The average molecular weight is 198 g/mol. The third kappa shape index (κ3) is 1.91. The summed E-state index contributed by atoms with van der Waals surface area (Å²) in [6, 6.07) is 0.598. The van der Waals surface area contributed by atoms with E-state index < -0.39 is 0 Å². The predicted octanol–water partition coefficient (Wildman–Crippen LogP) is 0.863. The van der Waals surface area contributed by atoms with Gasteiger partial charge >= 0.3 is 0 Å². The molecule has 0 amide bonds. The largest absolute Gasteiger partial charge is 0.480 e. The van der Waals surface area contributed by atoms with E-state index in [1.54, 1.807) is 0 Å². The normalized spacial score (nSPS) is 32.6. The molecule has 0 aromatic carbocycles. The van der Waals surface area contributed by atoms with Crippen LogP contribution in [-0.4, -0.2) is 49.2 Å². The number of hydrogen-bond acceptors (Lipinski definition) is 4. The Kier molecular flexibility index (Phi) is 3.03. The first-order valence-electron chi connectivity index (χ1n) is 5.38. The Hall–Kier alpha value is -0.610. The number of morpholine rings is 1.